The Morgan fingerprint density at radius 3 is 2.89 bits per heavy atom. The minimum atomic E-state index is -1.33. The molecular weight excluding hydrogens is 249 g/mol. The van der Waals surface area contributed by atoms with Crippen LogP contribution in [0.4, 0.5) is 0 Å². The minimum Gasteiger partial charge on any atom is -0.480 e. The largest absolute Gasteiger partial charge is 0.480 e. The second kappa shape index (κ2) is 5.76. The second-order valence-electron chi connectivity index (χ2n) is 5.61. The molecule has 0 radical (unpaired) electrons. The monoisotopic (exact) mass is 271 g/mol. The highest BCUT2D eigenvalue weighted by Gasteiger charge is 2.54. The fourth-order valence-electron chi connectivity index (χ4n) is 3.35. The van der Waals surface area contributed by atoms with E-state index in [2.05, 4.69) is 10.2 Å². The number of piperazine rings is 1. The SMILES string of the molecule is NC1(C(=O)O)CN2CCNC[C@H]2C1CCCB(O)O. The molecule has 0 bridgehead atoms. The topological polar surface area (TPSA) is 119 Å². The number of carboxylic acids is 1. The summed E-state index contributed by atoms with van der Waals surface area (Å²) in [4.78, 5) is 13.6. The highest BCUT2D eigenvalue weighted by atomic mass is 16.4. The molecule has 0 aromatic carbocycles. The zero-order valence-corrected chi connectivity index (χ0v) is 11.0. The first-order chi connectivity index (χ1) is 8.95. The van der Waals surface area contributed by atoms with Crippen LogP contribution in [0.3, 0.4) is 0 Å². The number of nitrogens with zero attached hydrogens (tertiary/aromatic N) is 1. The van der Waals surface area contributed by atoms with Gasteiger partial charge < -0.3 is 26.2 Å². The Labute approximate surface area is 112 Å². The number of nitrogens with one attached hydrogen (secondary N) is 1. The van der Waals surface area contributed by atoms with E-state index >= 15 is 0 Å². The molecule has 2 unspecified atom stereocenters. The van der Waals surface area contributed by atoms with Crippen LogP contribution in [0.25, 0.3) is 0 Å². The fourth-order valence-corrected chi connectivity index (χ4v) is 3.35. The van der Waals surface area contributed by atoms with Crippen molar-refractivity contribution in [3.63, 3.8) is 0 Å². The summed E-state index contributed by atoms with van der Waals surface area (Å²) in [6.07, 6.45) is 1.43. The van der Waals surface area contributed by atoms with Crippen molar-refractivity contribution >= 4 is 13.1 Å². The summed E-state index contributed by atoms with van der Waals surface area (Å²) in [5, 5.41) is 30.5. The molecule has 108 valence electrons. The Morgan fingerprint density at radius 2 is 2.26 bits per heavy atom. The highest BCUT2D eigenvalue weighted by Crippen LogP contribution is 2.36. The van der Waals surface area contributed by atoms with E-state index in [1.807, 2.05) is 0 Å². The zero-order chi connectivity index (χ0) is 14.0. The van der Waals surface area contributed by atoms with E-state index in [0.717, 1.165) is 19.6 Å². The summed E-state index contributed by atoms with van der Waals surface area (Å²) in [7, 11) is -1.33. The van der Waals surface area contributed by atoms with E-state index in [9.17, 15) is 9.90 Å². The molecule has 3 atom stereocenters. The van der Waals surface area contributed by atoms with Gasteiger partial charge in [-0.05, 0) is 12.7 Å². The molecule has 0 amide bonds. The lowest BCUT2D eigenvalue weighted by Crippen LogP contribution is -2.55. The molecule has 0 aromatic heterocycles. The number of hydrogen-bond donors (Lipinski definition) is 5. The summed E-state index contributed by atoms with van der Waals surface area (Å²) in [5.41, 5.74) is 4.90. The number of rotatable bonds is 5. The molecular formula is C11H22BN3O4. The Bertz CT molecular complexity index is 344. The second-order valence-corrected chi connectivity index (χ2v) is 5.61. The fraction of sp³-hybridized carbons (Fsp3) is 0.909. The van der Waals surface area contributed by atoms with Gasteiger partial charge in [0.1, 0.15) is 5.54 Å². The van der Waals surface area contributed by atoms with Crippen LogP contribution < -0.4 is 11.1 Å². The number of aliphatic carboxylic acids is 1. The smallest absolute Gasteiger partial charge is 0.451 e. The van der Waals surface area contributed by atoms with Crippen molar-refractivity contribution in [2.75, 3.05) is 26.2 Å². The van der Waals surface area contributed by atoms with E-state index in [1.54, 1.807) is 0 Å². The summed E-state index contributed by atoms with van der Waals surface area (Å²) in [6.45, 7) is 2.80. The maximum absolute atomic E-state index is 11.5. The first-order valence-electron chi connectivity index (χ1n) is 6.78. The molecule has 2 rings (SSSR count). The van der Waals surface area contributed by atoms with E-state index in [1.165, 1.54) is 0 Å². The van der Waals surface area contributed by atoms with Crippen LogP contribution in [0, 0.1) is 5.92 Å². The van der Waals surface area contributed by atoms with Gasteiger partial charge in [0, 0.05) is 38.1 Å². The number of carbonyl (C=O) groups is 1. The standard InChI is InChI=1S/C11H22BN3O4/c13-11(10(16)17)7-15-5-4-14-6-9(15)8(11)2-1-3-12(18)19/h8-9,14,18-19H,1-7,13H2,(H,16,17)/t8?,9-,11?/m0/s1. The van der Waals surface area contributed by atoms with Gasteiger partial charge in [-0.25, -0.2) is 0 Å². The average Bonchev–Trinajstić information content (AvgIpc) is 2.63. The summed E-state index contributed by atoms with van der Waals surface area (Å²) in [5.74, 6) is -1.12. The summed E-state index contributed by atoms with van der Waals surface area (Å²) in [6, 6.07) is 0.130. The number of hydrogen-bond acceptors (Lipinski definition) is 6. The summed E-state index contributed by atoms with van der Waals surface area (Å²) >= 11 is 0. The van der Waals surface area contributed by atoms with E-state index in [0.29, 0.717) is 19.4 Å². The van der Waals surface area contributed by atoms with Gasteiger partial charge in [-0.1, -0.05) is 6.42 Å². The molecule has 2 fully saturated rings. The van der Waals surface area contributed by atoms with Gasteiger partial charge in [-0.15, -0.1) is 0 Å². The Kier molecular flexibility index (Phi) is 4.47. The minimum absolute atomic E-state index is 0.130. The van der Waals surface area contributed by atoms with Crippen molar-refractivity contribution in [2.45, 2.75) is 30.7 Å². The first kappa shape index (κ1) is 14.7. The van der Waals surface area contributed by atoms with Crippen molar-refractivity contribution in [2.24, 2.45) is 11.7 Å². The third-order valence-electron chi connectivity index (χ3n) is 4.36. The molecule has 8 heteroatoms. The third-order valence-corrected chi connectivity index (χ3v) is 4.36. The lowest BCUT2D eigenvalue weighted by molar-refractivity contribution is -0.144. The van der Waals surface area contributed by atoms with Gasteiger partial charge in [-0.3, -0.25) is 9.69 Å². The van der Waals surface area contributed by atoms with Crippen LogP contribution in [0.15, 0.2) is 0 Å². The Hall–Kier alpha value is -0.665. The van der Waals surface area contributed by atoms with Crippen LogP contribution in [0.2, 0.25) is 6.32 Å². The first-order valence-corrected chi connectivity index (χ1v) is 6.78. The molecule has 2 saturated heterocycles. The van der Waals surface area contributed by atoms with Crippen molar-refractivity contribution in [3.8, 4) is 0 Å². The zero-order valence-electron chi connectivity index (χ0n) is 11.0. The van der Waals surface area contributed by atoms with Crippen molar-refractivity contribution in [1.82, 2.24) is 10.2 Å². The van der Waals surface area contributed by atoms with Crippen LogP contribution >= 0.6 is 0 Å². The quantitative estimate of drug-likeness (QED) is 0.364. The van der Waals surface area contributed by atoms with Crippen molar-refractivity contribution in [1.29, 1.82) is 0 Å². The van der Waals surface area contributed by atoms with E-state index in [-0.39, 0.29) is 18.3 Å². The van der Waals surface area contributed by atoms with Crippen LogP contribution in [0.5, 0.6) is 0 Å². The predicted octanol–water partition coefficient (Wildman–Crippen LogP) is -2.07. The molecule has 6 N–H and O–H groups in total. The molecule has 2 aliphatic rings. The lowest BCUT2D eigenvalue weighted by atomic mass is 9.76. The van der Waals surface area contributed by atoms with Gasteiger partial charge >= 0.3 is 13.1 Å². The van der Waals surface area contributed by atoms with Gasteiger partial charge in [-0.2, -0.15) is 0 Å². The van der Waals surface area contributed by atoms with Crippen molar-refractivity contribution < 1.29 is 19.9 Å². The third kappa shape index (κ3) is 2.92. The highest BCUT2D eigenvalue weighted by molar-refractivity contribution is 6.40. The molecule has 7 nitrogen and oxygen atoms in total. The number of fused-ring (bicyclic) bond motifs is 1. The van der Waals surface area contributed by atoms with Gasteiger partial charge in [0.25, 0.3) is 0 Å². The molecule has 0 aliphatic carbocycles. The van der Waals surface area contributed by atoms with Gasteiger partial charge in [0.2, 0.25) is 0 Å². The molecule has 2 heterocycles. The normalized spacial score (nSPS) is 35.1. The molecule has 0 aromatic rings. The maximum atomic E-state index is 11.5. The van der Waals surface area contributed by atoms with Crippen LogP contribution in [-0.4, -0.2) is 70.9 Å². The van der Waals surface area contributed by atoms with E-state index in [4.69, 9.17) is 15.8 Å². The summed E-state index contributed by atoms with van der Waals surface area (Å²) < 4.78 is 0. The van der Waals surface area contributed by atoms with Crippen LogP contribution in [0.1, 0.15) is 12.8 Å². The van der Waals surface area contributed by atoms with Gasteiger partial charge in [0.15, 0.2) is 0 Å². The molecule has 0 spiro atoms. The molecule has 0 saturated carbocycles. The Balaban J connectivity index is 2.07. The Morgan fingerprint density at radius 1 is 1.53 bits per heavy atom. The predicted molar refractivity (Wildman–Crippen MR) is 70.5 cm³/mol. The van der Waals surface area contributed by atoms with Crippen molar-refractivity contribution in [3.05, 3.63) is 0 Å². The van der Waals surface area contributed by atoms with E-state index < -0.39 is 18.6 Å². The van der Waals surface area contributed by atoms with Crippen LogP contribution in [-0.2, 0) is 4.79 Å². The molecule has 19 heavy (non-hydrogen) atoms. The van der Waals surface area contributed by atoms with Gasteiger partial charge in [0.05, 0.1) is 0 Å². The molecule has 2 aliphatic heterocycles. The average molecular weight is 271 g/mol. The maximum Gasteiger partial charge on any atom is 0.451 e. The number of nitrogens with two attached hydrogens (primary N) is 1. The lowest BCUT2D eigenvalue weighted by Gasteiger charge is -2.33. The number of carboxylic acid groups (broad SMARTS) is 1.